The summed E-state index contributed by atoms with van der Waals surface area (Å²) in [6.45, 7) is 0.371. The fraction of sp³-hybridized carbons (Fsp3) is 0.294. The maximum atomic E-state index is 11.9. The third kappa shape index (κ3) is 6.57. The second kappa shape index (κ2) is 9.27. The third-order valence-corrected chi connectivity index (χ3v) is 4.29. The largest absolute Gasteiger partial charge is 0.497 e. The predicted octanol–water partition coefficient (Wildman–Crippen LogP) is 2.17. The smallest absolute Gasteiger partial charge is 0.233 e. The van der Waals surface area contributed by atoms with Gasteiger partial charge >= 0.3 is 0 Å². The molecule has 2 aromatic carbocycles. The highest BCUT2D eigenvalue weighted by molar-refractivity contribution is 7.89. The first kappa shape index (κ1) is 18.3. The van der Waals surface area contributed by atoms with Crippen molar-refractivity contribution >= 4 is 10.0 Å². The number of nitrogens with one attached hydrogen (secondary N) is 1. The first-order chi connectivity index (χ1) is 11.6. The molecule has 0 bridgehead atoms. The first-order valence-corrected chi connectivity index (χ1v) is 9.16. The molecule has 0 aliphatic heterocycles. The van der Waals surface area contributed by atoms with Crippen LogP contribution in [0, 0.1) is 0 Å². The van der Waals surface area contributed by atoms with Gasteiger partial charge in [-0.3, -0.25) is 4.84 Å². The van der Waals surface area contributed by atoms with E-state index in [1.165, 1.54) is 0 Å². The van der Waals surface area contributed by atoms with Gasteiger partial charge in [0.25, 0.3) is 0 Å². The normalized spacial score (nSPS) is 11.2. The SMILES string of the molecule is COc1cccc(CCS(=O)(=O)NOCCOc2ccccc2)c1. The van der Waals surface area contributed by atoms with Gasteiger partial charge in [0.15, 0.2) is 0 Å². The fourth-order valence-electron chi connectivity index (χ4n) is 1.97. The molecular weight excluding hydrogens is 330 g/mol. The summed E-state index contributed by atoms with van der Waals surface area (Å²) in [5, 5.41) is 0. The molecule has 0 fully saturated rings. The first-order valence-electron chi connectivity index (χ1n) is 7.51. The number of benzene rings is 2. The fourth-order valence-corrected chi connectivity index (χ4v) is 2.82. The second-order valence-electron chi connectivity index (χ2n) is 5.01. The Hall–Kier alpha value is -2.09. The minimum Gasteiger partial charge on any atom is -0.497 e. The molecule has 0 aromatic heterocycles. The molecular formula is C17H21NO5S. The van der Waals surface area contributed by atoms with E-state index in [4.69, 9.17) is 14.3 Å². The molecule has 6 nitrogen and oxygen atoms in total. The van der Waals surface area contributed by atoms with Crippen molar-refractivity contribution in [1.29, 1.82) is 0 Å². The van der Waals surface area contributed by atoms with Gasteiger partial charge in [0.2, 0.25) is 10.0 Å². The van der Waals surface area contributed by atoms with Crippen LogP contribution in [0.4, 0.5) is 0 Å². The molecule has 0 spiro atoms. The van der Waals surface area contributed by atoms with Crippen molar-refractivity contribution in [2.75, 3.05) is 26.1 Å². The third-order valence-electron chi connectivity index (χ3n) is 3.18. The van der Waals surface area contributed by atoms with Crippen LogP contribution in [0.1, 0.15) is 5.56 Å². The minimum absolute atomic E-state index is 0.0697. The minimum atomic E-state index is -3.51. The number of hydrogen-bond donors (Lipinski definition) is 1. The summed E-state index contributed by atoms with van der Waals surface area (Å²) in [7, 11) is -1.94. The molecule has 0 unspecified atom stereocenters. The molecule has 0 saturated heterocycles. The summed E-state index contributed by atoms with van der Waals surface area (Å²) in [6.07, 6.45) is 0.371. The molecule has 130 valence electrons. The second-order valence-corrected chi connectivity index (χ2v) is 6.82. The van der Waals surface area contributed by atoms with E-state index in [2.05, 4.69) is 4.89 Å². The van der Waals surface area contributed by atoms with Crippen molar-refractivity contribution in [1.82, 2.24) is 4.89 Å². The van der Waals surface area contributed by atoms with Crippen molar-refractivity contribution in [3.8, 4) is 11.5 Å². The zero-order chi connectivity index (χ0) is 17.3. The number of rotatable bonds is 10. The molecule has 0 aliphatic rings. The highest BCUT2D eigenvalue weighted by Crippen LogP contribution is 2.13. The highest BCUT2D eigenvalue weighted by atomic mass is 32.2. The Morgan fingerprint density at radius 3 is 2.46 bits per heavy atom. The molecule has 7 heteroatoms. The van der Waals surface area contributed by atoms with E-state index in [0.29, 0.717) is 17.9 Å². The van der Waals surface area contributed by atoms with Crippen LogP contribution in [0.5, 0.6) is 11.5 Å². The number of aryl methyl sites for hydroxylation is 1. The predicted molar refractivity (Wildman–Crippen MR) is 91.5 cm³/mol. The molecule has 0 aliphatic carbocycles. The Bertz CT molecular complexity index is 719. The van der Waals surface area contributed by atoms with Crippen molar-refractivity contribution in [2.24, 2.45) is 0 Å². The summed E-state index contributed by atoms with van der Waals surface area (Å²) < 4.78 is 34.3. The molecule has 2 rings (SSSR count). The zero-order valence-electron chi connectivity index (χ0n) is 13.5. The van der Waals surface area contributed by atoms with Crippen LogP contribution < -0.4 is 14.4 Å². The van der Waals surface area contributed by atoms with Gasteiger partial charge in [-0.1, -0.05) is 35.2 Å². The highest BCUT2D eigenvalue weighted by Gasteiger charge is 2.11. The van der Waals surface area contributed by atoms with Crippen LogP contribution in [0.2, 0.25) is 0 Å². The van der Waals surface area contributed by atoms with Gasteiger partial charge in [-0.2, -0.15) is 0 Å². The van der Waals surface area contributed by atoms with Gasteiger partial charge in [-0.25, -0.2) is 8.42 Å². The van der Waals surface area contributed by atoms with E-state index in [9.17, 15) is 8.42 Å². The lowest BCUT2D eigenvalue weighted by Gasteiger charge is -2.09. The zero-order valence-corrected chi connectivity index (χ0v) is 14.3. The molecule has 0 heterocycles. The lowest BCUT2D eigenvalue weighted by Crippen LogP contribution is -2.29. The van der Waals surface area contributed by atoms with Gasteiger partial charge in [0, 0.05) is 0 Å². The quantitative estimate of drug-likeness (QED) is 0.524. The van der Waals surface area contributed by atoms with E-state index in [0.717, 1.165) is 5.56 Å². The standard InChI is InChI=1S/C17H21NO5S/c1-21-17-9-5-6-15(14-17)10-13-24(19,20)18-23-12-11-22-16-7-3-2-4-8-16/h2-9,14,18H,10-13H2,1H3. The number of ether oxygens (including phenoxy) is 2. The van der Waals surface area contributed by atoms with Crippen molar-refractivity contribution in [3.05, 3.63) is 60.2 Å². The van der Waals surface area contributed by atoms with E-state index < -0.39 is 10.0 Å². The number of hydrogen-bond acceptors (Lipinski definition) is 5. The summed E-state index contributed by atoms with van der Waals surface area (Å²) in [6, 6.07) is 16.5. The molecule has 1 N–H and O–H groups in total. The Kier molecular flexibility index (Phi) is 7.05. The van der Waals surface area contributed by atoms with E-state index >= 15 is 0 Å². The number of methoxy groups -OCH3 is 1. The monoisotopic (exact) mass is 351 g/mol. The molecule has 2 aromatic rings. The number of para-hydroxylation sites is 1. The topological polar surface area (TPSA) is 73.9 Å². The van der Waals surface area contributed by atoms with Gasteiger partial charge in [-0.15, -0.1) is 0 Å². The van der Waals surface area contributed by atoms with Crippen molar-refractivity contribution in [2.45, 2.75) is 6.42 Å². The molecule has 24 heavy (non-hydrogen) atoms. The number of sulfonamides is 1. The van der Waals surface area contributed by atoms with Gasteiger partial charge in [-0.05, 0) is 36.2 Å². The average molecular weight is 351 g/mol. The van der Waals surface area contributed by atoms with E-state index in [1.807, 2.05) is 54.6 Å². The summed E-state index contributed by atoms with van der Waals surface area (Å²) >= 11 is 0. The van der Waals surface area contributed by atoms with Crippen LogP contribution in [-0.4, -0.2) is 34.5 Å². The van der Waals surface area contributed by atoms with Gasteiger partial charge < -0.3 is 9.47 Å². The molecule has 0 radical (unpaired) electrons. The maximum absolute atomic E-state index is 11.9. The van der Waals surface area contributed by atoms with Crippen LogP contribution in [0.25, 0.3) is 0 Å². The molecule has 0 amide bonds. The summed E-state index contributed by atoms with van der Waals surface area (Å²) in [5.74, 6) is 1.34. The van der Waals surface area contributed by atoms with Crippen LogP contribution in [0.15, 0.2) is 54.6 Å². The summed E-state index contributed by atoms with van der Waals surface area (Å²) in [4.78, 5) is 7.07. The Labute approximate surface area is 142 Å². The lowest BCUT2D eigenvalue weighted by atomic mass is 10.2. The Morgan fingerprint density at radius 1 is 0.958 bits per heavy atom. The molecule has 0 atom stereocenters. The van der Waals surface area contributed by atoms with Crippen LogP contribution in [0.3, 0.4) is 0 Å². The molecule has 0 saturated carbocycles. The Balaban J connectivity index is 1.67. The summed E-state index contributed by atoms with van der Waals surface area (Å²) in [5.41, 5.74) is 0.882. The van der Waals surface area contributed by atoms with Crippen LogP contribution >= 0.6 is 0 Å². The Morgan fingerprint density at radius 2 is 1.71 bits per heavy atom. The van der Waals surface area contributed by atoms with E-state index in [1.54, 1.807) is 7.11 Å². The van der Waals surface area contributed by atoms with Crippen molar-refractivity contribution in [3.63, 3.8) is 0 Å². The average Bonchev–Trinajstić information content (AvgIpc) is 2.61. The van der Waals surface area contributed by atoms with E-state index in [-0.39, 0.29) is 19.0 Å². The lowest BCUT2D eigenvalue weighted by molar-refractivity contribution is 0.0666. The van der Waals surface area contributed by atoms with Crippen molar-refractivity contribution < 1.29 is 22.7 Å². The maximum Gasteiger partial charge on any atom is 0.233 e. The van der Waals surface area contributed by atoms with Gasteiger partial charge in [0.1, 0.15) is 24.7 Å². The van der Waals surface area contributed by atoms with Crippen LogP contribution in [-0.2, 0) is 21.3 Å². The van der Waals surface area contributed by atoms with Gasteiger partial charge in [0.05, 0.1) is 12.9 Å².